The molecule has 0 radical (unpaired) electrons. The zero-order valence-corrected chi connectivity index (χ0v) is 10.9. The predicted octanol–water partition coefficient (Wildman–Crippen LogP) is 1.26. The van der Waals surface area contributed by atoms with Gasteiger partial charge in [0.2, 0.25) is 0 Å². The van der Waals surface area contributed by atoms with Gasteiger partial charge in [-0.3, -0.25) is 9.78 Å². The summed E-state index contributed by atoms with van der Waals surface area (Å²) < 4.78 is 0. The molecule has 1 unspecified atom stereocenters. The van der Waals surface area contributed by atoms with E-state index >= 15 is 0 Å². The number of hydrogen-bond donors (Lipinski definition) is 3. The lowest BCUT2D eigenvalue weighted by atomic mass is 10.0. The second kappa shape index (κ2) is 7.66. The van der Waals surface area contributed by atoms with Crippen molar-refractivity contribution < 1.29 is 9.90 Å². The number of nitrogens with one attached hydrogen (secondary N) is 2. The summed E-state index contributed by atoms with van der Waals surface area (Å²) in [5, 5.41) is 14.7. The van der Waals surface area contributed by atoms with E-state index in [0.717, 1.165) is 25.1 Å². The van der Waals surface area contributed by atoms with Gasteiger partial charge in [0.1, 0.15) is 5.69 Å². The summed E-state index contributed by atoms with van der Waals surface area (Å²) >= 11 is 0. The van der Waals surface area contributed by atoms with Gasteiger partial charge in [-0.05, 0) is 24.5 Å². The van der Waals surface area contributed by atoms with E-state index in [0.29, 0.717) is 11.6 Å². The average molecular weight is 251 g/mol. The number of carbonyl (C=O) groups is 1. The summed E-state index contributed by atoms with van der Waals surface area (Å²) in [6.45, 7) is 3.10. The Labute approximate surface area is 108 Å². The lowest BCUT2D eigenvalue weighted by Crippen LogP contribution is -2.20. The van der Waals surface area contributed by atoms with Crippen LogP contribution in [0.25, 0.3) is 0 Å². The largest absolute Gasteiger partial charge is 0.396 e. The topological polar surface area (TPSA) is 74.2 Å². The van der Waals surface area contributed by atoms with E-state index in [2.05, 4.69) is 22.5 Å². The van der Waals surface area contributed by atoms with Gasteiger partial charge in [-0.2, -0.15) is 0 Å². The van der Waals surface area contributed by atoms with Gasteiger partial charge in [0, 0.05) is 32.1 Å². The van der Waals surface area contributed by atoms with Crippen LogP contribution in [0.2, 0.25) is 0 Å². The molecule has 0 bridgehead atoms. The van der Waals surface area contributed by atoms with Crippen LogP contribution in [-0.2, 0) is 0 Å². The van der Waals surface area contributed by atoms with Crippen molar-refractivity contribution in [3.63, 3.8) is 0 Å². The molecule has 5 nitrogen and oxygen atoms in total. The summed E-state index contributed by atoms with van der Waals surface area (Å²) in [4.78, 5) is 15.4. The molecule has 0 fully saturated rings. The number of aliphatic hydroxyl groups is 1. The van der Waals surface area contributed by atoms with Crippen LogP contribution >= 0.6 is 0 Å². The highest BCUT2D eigenvalue weighted by molar-refractivity contribution is 5.92. The molecule has 5 heteroatoms. The fraction of sp³-hybridized carbons (Fsp3) is 0.538. The zero-order valence-electron chi connectivity index (χ0n) is 10.9. The predicted molar refractivity (Wildman–Crippen MR) is 71.6 cm³/mol. The fourth-order valence-corrected chi connectivity index (χ4v) is 1.69. The van der Waals surface area contributed by atoms with E-state index in [1.54, 1.807) is 19.3 Å². The molecule has 1 aromatic rings. The second-order valence-corrected chi connectivity index (χ2v) is 4.18. The number of pyridine rings is 1. The highest BCUT2D eigenvalue weighted by Crippen LogP contribution is 2.12. The summed E-state index contributed by atoms with van der Waals surface area (Å²) in [6.07, 6.45) is 3.41. The van der Waals surface area contributed by atoms with E-state index in [9.17, 15) is 4.79 Å². The summed E-state index contributed by atoms with van der Waals surface area (Å²) in [5.74, 6) is 0.243. The minimum absolute atomic E-state index is 0.193. The molecule has 1 atom stereocenters. The summed E-state index contributed by atoms with van der Waals surface area (Å²) in [5.41, 5.74) is 1.28. The van der Waals surface area contributed by atoms with Gasteiger partial charge in [-0.1, -0.05) is 13.3 Å². The molecular formula is C13H21N3O2. The molecule has 1 amide bonds. The van der Waals surface area contributed by atoms with Crippen molar-refractivity contribution in [1.29, 1.82) is 0 Å². The maximum Gasteiger partial charge on any atom is 0.269 e. The van der Waals surface area contributed by atoms with E-state index in [1.807, 2.05) is 6.07 Å². The third kappa shape index (κ3) is 4.33. The number of aliphatic hydroxyl groups excluding tert-OH is 1. The van der Waals surface area contributed by atoms with Crippen molar-refractivity contribution in [2.24, 2.45) is 5.92 Å². The Balaban J connectivity index is 2.59. The first-order chi connectivity index (χ1) is 8.71. The summed E-state index contributed by atoms with van der Waals surface area (Å²) in [7, 11) is 1.58. The van der Waals surface area contributed by atoms with Crippen molar-refractivity contribution in [3.05, 3.63) is 24.0 Å². The van der Waals surface area contributed by atoms with E-state index in [1.165, 1.54) is 0 Å². The quantitative estimate of drug-likeness (QED) is 0.682. The molecule has 1 aromatic heterocycles. The van der Waals surface area contributed by atoms with Gasteiger partial charge in [0.05, 0.1) is 0 Å². The molecule has 1 heterocycles. The monoisotopic (exact) mass is 251 g/mol. The Bertz CT molecular complexity index is 382. The minimum Gasteiger partial charge on any atom is -0.396 e. The smallest absolute Gasteiger partial charge is 0.269 e. The Morgan fingerprint density at radius 1 is 1.56 bits per heavy atom. The van der Waals surface area contributed by atoms with Crippen molar-refractivity contribution in [1.82, 2.24) is 10.3 Å². The van der Waals surface area contributed by atoms with Gasteiger partial charge in [-0.15, -0.1) is 0 Å². The molecule has 1 rings (SSSR count). The number of rotatable bonds is 7. The van der Waals surface area contributed by atoms with Crippen molar-refractivity contribution in [2.45, 2.75) is 19.8 Å². The normalized spacial score (nSPS) is 11.9. The number of carbonyl (C=O) groups excluding carboxylic acids is 1. The molecule has 0 saturated heterocycles. The SMILES string of the molecule is CCC(CCO)CNc1ccnc(C(=O)NC)c1. The molecule has 18 heavy (non-hydrogen) atoms. The second-order valence-electron chi connectivity index (χ2n) is 4.18. The molecule has 100 valence electrons. The number of anilines is 1. The van der Waals surface area contributed by atoms with Crippen molar-refractivity contribution in [2.75, 3.05) is 25.5 Å². The van der Waals surface area contributed by atoms with Crippen LogP contribution in [0, 0.1) is 5.92 Å². The summed E-state index contributed by atoms with van der Waals surface area (Å²) in [6, 6.07) is 3.56. The number of aromatic nitrogens is 1. The molecule has 0 aliphatic rings. The molecular weight excluding hydrogens is 230 g/mol. The fourth-order valence-electron chi connectivity index (χ4n) is 1.69. The molecule has 0 aromatic carbocycles. The van der Waals surface area contributed by atoms with Gasteiger partial charge in [0.25, 0.3) is 5.91 Å². The van der Waals surface area contributed by atoms with Gasteiger partial charge >= 0.3 is 0 Å². The Hall–Kier alpha value is -1.62. The van der Waals surface area contributed by atoms with Crippen LogP contribution in [0.3, 0.4) is 0 Å². The molecule has 0 saturated carbocycles. The molecule has 0 aliphatic carbocycles. The zero-order chi connectivity index (χ0) is 13.4. The third-order valence-electron chi connectivity index (χ3n) is 2.93. The maximum absolute atomic E-state index is 11.4. The number of amides is 1. The van der Waals surface area contributed by atoms with Crippen LogP contribution in [0.5, 0.6) is 0 Å². The van der Waals surface area contributed by atoms with Crippen molar-refractivity contribution >= 4 is 11.6 Å². The highest BCUT2D eigenvalue weighted by Gasteiger charge is 2.07. The molecule has 0 spiro atoms. The first-order valence-corrected chi connectivity index (χ1v) is 6.24. The Morgan fingerprint density at radius 2 is 2.33 bits per heavy atom. The lowest BCUT2D eigenvalue weighted by Gasteiger charge is -2.15. The number of hydrogen-bond acceptors (Lipinski definition) is 4. The van der Waals surface area contributed by atoms with Crippen LogP contribution < -0.4 is 10.6 Å². The van der Waals surface area contributed by atoms with Gasteiger partial charge < -0.3 is 15.7 Å². The molecule has 0 aliphatic heterocycles. The Morgan fingerprint density at radius 3 is 2.94 bits per heavy atom. The van der Waals surface area contributed by atoms with Crippen LogP contribution in [0.1, 0.15) is 30.3 Å². The highest BCUT2D eigenvalue weighted by atomic mass is 16.3. The van der Waals surface area contributed by atoms with E-state index in [4.69, 9.17) is 5.11 Å². The first kappa shape index (κ1) is 14.4. The van der Waals surface area contributed by atoms with Gasteiger partial charge in [-0.25, -0.2) is 0 Å². The minimum atomic E-state index is -0.193. The standard InChI is InChI=1S/C13H21N3O2/c1-3-10(5-7-17)9-16-11-4-6-15-12(8-11)13(18)14-2/h4,6,8,10,17H,3,5,7,9H2,1-2H3,(H,14,18)(H,15,16). The third-order valence-corrected chi connectivity index (χ3v) is 2.93. The Kier molecular flexibility index (Phi) is 6.14. The molecule has 3 N–H and O–H groups in total. The van der Waals surface area contributed by atoms with Crippen molar-refractivity contribution in [3.8, 4) is 0 Å². The van der Waals surface area contributed by atoms with Crippen LogP contribution in [0.4, 0.5) is 5.69 Å². The lowest BCUT2D eigenvalue weighted by molar-refractivity contribution is 0.0958. The van der Waals surface area contributed by atoms with E-state index in [-0.39, 0.29) is 12.5 Å². The number of nitrogens with zero attached hydrogens (tertiary/aromatic N) is 1. The van der Waals surface area contributed by atoms with Crippen LogP contribution in [-0.4, -0.2) is 36.2 Å². The van der Waals surface area contributed by atoms with Gasteiger partial charge in [0.15, 0.2) is 0 Å². The van der Waals surface area contributed by atoms with Crippen LogP contribution in [0.15, 0.2) is 18.3 Å². The first-order valence-electron chi connectivity index (χ1n) is 6.24. The average Bonchev–Trinajstić information content (AvgIpc) is 2.42. The maximum atomic E-state index is 11.4. The van der Waals surface area contributed by atoms with E-state index < -0.39 is 0 Å².